The van der Waals surface area contributed by atoms with Crippen LogP contribution in [-0.2, 0) is 21.4 Å². The molecule has 2 heterocycles. The molecule has 0 radical (unpaired) electrons. The molecule has 0 atom stereocenters. The Hall–Kier alpha value is -2.78. The normalized spacial score (nSPS) is 17.9. The molecule has 2 aliphatic rings. The zero-order valence-corrected chi connectivity index (χ0v) is 18.4. The number of nitrogens with zero attached hydrogens (tertiary/aromatic N) is 1. The Kier molecular flexibility index (Phi) is 5.81. The van der Waals surface area contributed by atoms with E-state index in [-0.39, 0.29) is 17.6 Å². The van der Waals surface area contributed by atoms with Gasteiger partial charge >= 0.3 is 0 Å². The van der Waals surface area contributed by atoms with Gasteiger partial charge in [-0.1, -0.05) is 13.0 Å². The molecule has 8 nitrogen and oxygen atoms in total. The van der Waals surface area contributed by atoms with Crippen LogP contribution < -0.4 is 19.5 Å². The van der Waals surface area contributed by atoms with Gasteiger partial charge in [-0.3, -0.25) is 4.79 Å². The molecule has 1 saturated heterocycles. The highest BCUT2D eigenvalue weighted by atomic mass is 32.2. The smallest absolute Gasteiger partial charge is 0.243 e. The molecule has 4 rings (SSSR count). The fraction of sp³-hybridized carbons (Fsp3) is 0.409. The number of rotatable bonds is 6. The highest BCUT2D eigenvalue weighted by Crippen LogP contribution is 2.35. The van der Waals surface area contributed by atoms with Crippen molar-refractivity contribution in [3.05, 3.63) is 48.0 Å². The van der Waals surface area contributed by atoms with E-state index in [0.29, 0.717) is 49.7 Å². The molecule has 1 amide bonds. The van der Waals surface area contributed by atoms with Gasteiger partial charge in [0.2, 0.25) is 22.7 Å². The third kappa shape index (κ3) is 4.33. The van der Waals surface area contributed by atoms with Gasteiger partial charge in [0.25, 0.3) is 0 Å². The fourth-order valence-electron chi connectivity index (χ4n) is 3.79. The van der Waals surface area contributed by atoms with Crippen LogP contribution in [0, 0.1) is 5.41 Å². The van der Waals surface area contributed by atoms with Crippen LogP contribution in [0.3, 0.4) is 0 Å². The highest BCUT2D eigenvalue weighted by molar-refractivity contribution is 7.89. The van der Waals surface area contributed by atoms with Crippen molar-refractivity contribution in [3.63, 3.8) is 0 Å². The topological polar surface area (TPSA) is 94.2 Å². The number of carbonyl (C=O) groups is 1. The molecule has 0 aromatic heterocycles. The van der Waals surface area contributed by atoms with Crippen molar-refractivity contribution in [1.82, 2.24) is 9.62 Å². The van der Waals surface area contributed by atoms with Crippen LogP contribution in [0.4, 0.5) is 0 Å². The summed E-state index contributed by atoms with van der Waals surface area (Å²) < 4.78 is 43.1. The minimum atomic E-state index is -3.60. The molecule has 0 spiro atoms. The molecule has 1 N–H and O–H groups in total. The van der Waals surface area contributed by atoms with E-state index in [0.717, 1.165) is 5.56 Å². The van der Waals surface area contributed by atoms with Gasteiger partial charge in [-0.2, -0.15) is 4.31 Å². The van der Waals surface area contributed by atoms with Crippen molar-refractivity contribution in [2.24, 2.45) is 5.41 Å². The lowest BCUT2D eigenvalue weighted by atomic mass is 9.80. The highest BCUT2D eigenvalue weighted by Gasteiger charge is 2.40. The number of methoxy groups -OCH3 is 1. The molecule has 2 aliphatic heterocycles. The number of sulfonamides is 1. The summed E-state index contributed by atoms with van der Waals surface area (Å²) in [5, 5.41) is 2.98. The van der Waals surface area contributed by atoms with E-state index in [1.807, 2.05) is 25.1 Å². The summed E-state index contributed by atoms with van der Waals surface area (Å²) in [6.45, 7) is 3.06. The standard InChI is InChI=1S/C22H26N2O6S/c1-22(21(25)23-14-16-3-8-19-20(13-16)30-15-29-19)9-11-24(12-10-22)31(26,27)18-6-4-17(28-2)5-7-18/h3-8,13H,9-12,14-15H2,1-2H3,(H,23,25). The van der Waals surface area contributed by atoms with Crippen LogP contribution in [0.2, 0.25) is 0 Å². The van der Waals surface area contributed by atoms with Gasteiger partial charge < -0.3 is 19.5 Å². The second kappa shape index (κ2) is 8.39. The fourth-order valence-corrected chi connectivity index (χ4v) is 5.23. The first-order chi connectivity index (χ1) is 14.8. The predicted molar refractivity (Wildman–Crippen MR) is 114 cm³/mol. The largest absolute Gasteiger partial charge is 0.497 e. The first kappa shape index (κ1) is 21.5. The summed E-state index contributed by atoms with van der Waals surface area (Å²) in [6, 6.07) is 11.9. The molecule has 2 aromatic carbocycles. The van der Waals surface area contributed by atoms with E-state index in [1.165, 1.54) is 11.4 Å². The maximum absolute atomic E-state index is 12.9. The lowest BCUT2D eigenvalue weighted by Gasteiger charge is -2.37. The van der Waals surface area contributed by atoms with E-state index in [2.05, 4.69) is 5.32 Å². The van der Waals surface area contributed by atoms with Crippen LogP contribution in [0.15, 0.2) is 47.4 Å². The Morgan fingerprint density at radius 3 is 2.45 bits per heavy atom. The van der Waals surface area contributed by atoms with Crippen molar-refractivity contribution in [2.45, 2.75) is 31.2 Å². The number of benzene rings is 2. The summed E-state index contributed by atoms with van der Waals surface area (Å²) in [5.41, 5.74) is 0.295. The first-order valence-electron chi connectivity index (χ1n) is 10.1. The van der Waals surface area contributed by atoms with Gasteiger partial charge in [-0.25, -0.2) is 8.42 Å². The quantitative estimate of drug-likeness (QED) is 0.733. The lowest BCUT2D eigenvalue weighted by Crippen LogP contribution is -2.48. The van der Waals surface area contributed by atoms with Crippen LogP contribution >= 0.6 is 0 Å². The van der Waals surface area contributed by atoms with Crippen LogP contribution in [0.1, 0.15) is 25.3 Å². The minimum absolute atomic E-state index is 0.0772. The second-order valence-corrected chi connectivity index (χ2v) is 9.95. The molecule has 0 bridgehead atoms. The Balaban J connectivity index is 1.35. The molecule has 0 aliphatic carbocycles. The van der Waals surface area contributed by atoms with Crippen LogP contribution in [0.25, 0.3) is 0 Å². The molecular weight excluding hydrogens is 420 g/mol. The maximum Gasteiger partial charge on any atom is 0.243 e. The molecule has 0 unspecified atom stereocenters. The van der Waals surface area contributed by atoms with Gasteiger partial charge in [0.1, 0.15) is 5.75 Å². The van der Waals surface area contributed by atoms with E-state index in [1.54, 1.807) is 24.3 Å². The first-order valence-corrected chi connectivity index (χ1v) is 11.6. The van der Waals surface area contributed by atoms with Crippen LogP contribution in [-0.4, -0.2) is 45.6 Å². The third-order valence-electron chi connectivity index (χ3n) is 5.96. The summed E-state index contributed by atoms with van der Waals surface area (Å²) in [5.74, 6) is 1.90. The Bertz CT molecular complexity index is 1060. The SMILES string of the molecule is COc1ccc(S(=O)(=O)N2CCC(C)(C(=O)NCc3ccc4c(c3)OCO4)CC2)cc1. The average molecular weight is 447 g/mol. The summed E-state index contributed by atoms with van der Waals surface area (Å²) in [4.78, 5) is 13.1. The second-order valence-electron chi connectivity index (χ2n) is 8.01. The van der Waals surface area contributed by atoms with Crippen molar-refractivity contribution in [2.75, 3.05) is 27.0 Å². The lowest BCUT2D eigenvalue weighted by molar-refractivity contribution is -0.132. The maximum atomic E-state index is 12.9. The Labute approximate surface area is 182 Å². The van der Waals surface area contributed by atoms with Gasteiger partial charge in [0.15, 0.2) is 11.5 Å². The number of hydrogen-bond donors (Lipinski definition) is 1. The van der Waals surface area contributed by atoms with E-state index in [4.69, 9.17) is 14.2 Å². The van der Waals surface area contributed by atoms with Crippen molar-refractivity contribution < 1.29 is 27.4 Å². The molecular formula is C22H26N2O6S. The van der Waals surface area contributed by atoms with Crippen molar-refractivity contribution >= 4 is 15.9 Å². The van der Waals surface area contributed by atoms with E-state index >= 15 is 0 Å². The number of piperidine rings is 1. The Morgan fingerprint density at radius 1 is 1.10 bits per heavy atom. The van der Waals surface area contributed by atoms with Gasteiger partial charge in [-0.15, -0.1) is 0 Å². The monoisotopic (exact) mass is 446 g/mol. The molecule has 9 heteroatoms. The predicted octanol–water partition coefficient (Wildman–Crippen LogP) is 2.53. The molecule has 0 saturated carbocycles. The Morgan fingerprint density at radius 2 is 1.77 bits per heavy atom. The van der Waals surface area contributed by atoms with Crippen molar-refractivity contribution in [1.29, 1.82) is 0 Å². The average Bonchev–Trinajstić information content (AvgIpc) is 3.25. The number of nitrogens with one attached hydrogen (secondary N) is 1. The number of fused-ring (bicyclic) bond motifs is 1. The molecule has 1 fully saturated rings. The zero-order valence-electron chi connectivity index (χ0n) is 17.6. The van der Waals surface area contributed by atoms with Gasteiger partial charge in [-0.05, 0) is 54.8 Å². The van der Waals surface area contributed by atoms with Gasteiger partial charge in [0.05, 0.1) is 12.0 Å². The number of carbonyl (C=O) groups excluding carboxylic acids is 1. The summed E-state index contributed by atoms with van der Waals surface area (Å²) in [6.07, 6.45) is 0.907. The molecule has 31 heavy (non-hydrogen) atoms. The summed E-state index contributed by atoms with van der Waals surface area (Å²) >= 11 is 0. The number of ether oxygens (including phenoxy) is 3. The minimum Gasteiger partial charge on any atom is -0.497 e. The third-order valence-corrected chi connectivity index (χ3v) is 7.87. The number of hydrogen-bond acceptors (Lipinski definition) is 6. The van der Waals surface area contributed by atoms with Crippen LogP contribution in [0.5, 0.6) is 17.2 Å². The van der Waals surface area contributed by atoms with E-state index < -0.39 is 15.4 Å². The van der Waals surface area contributed by atoms with Gasteiger partial charge in [0, 0.05) is 25.0 Å². The molecule has 2 aromatic rings. The van der Waals surface area contributed by atoms with Crippen molar-refractivity contribution in [3.8, 4) is 17.2 Å². The number of amides is 1. The molecule has 166 valence electrons. The zero-order chi connectivity index (χ0) is 22.1. The summed E-state index contributed by atoms with van der Waals surface area (Å²) in [7, 11) is -2.07. The van der Waals surface area contributed by atoms with E-state index in [9.17, 15) is 13.2 Å².